The fourth-order valence-electron chi connectivity index (χ4n) is 3.73. The second-order valence-corrected chi connectivity index (χ2v) is 5.85. The fraction of sp³-hybridized carbons (Fsp3) is 1.00. The number of hydrogen-bond donors (Lipinski definition) is 2. The molecule has 0 aromatic heterocycles. The molecule has 3 unspecified atom stereocenters. The highest BCUT2D eigenvalue weighted by Crippen LogP contribution is 2.49. The summed E-state index contributed by atoms with van der Waals surface area (Å²) in [6.45, 7) is 4.66. The highest BCUT2D eigenvalue weighted by Gasteiger charge is 2.41. The predicted molar refractivity (Wildman–Crippen MR) is 59.6 cm³/mol. The molecule has 2 rings (SSSR count). The van der Waals surface area contributed by atoms with Crippen LogP contribution in [0.1, 0.15) is 52.4 Å². The van der Waals surface area contributed by atoms with Crippen LogP contribution in [0, 0.1) is 17.3 Å². The molecule has 0 heterocycles. The van der Waals surface area contributed by atoms with Gasteiger partial charge in [0.15, 0.2) is 0 Å². The van der Waals surface area contributed by atoms with Gasteiger partial charge >= 0.3 is 0 Å². The van der Waals surface area contributed by atoms with E-state index in [1.807, 2.05) is 0 Å². The highest BCUT2D eigenvalue weighted by molar-refractivity contribution is 4.94. The van der Waals surface area contributed by atoms with E-state index in [9.17, 15) is 0 Å². The molecule has 0 aromatic carbocycles. The minimum atomic E-state index is 0.447. The molecule has 14 heavy (non-hydrogen) atoms. The summed E-state index contributed by atoms with van der Waals surface area (Å²) in [5.74, 6) is 7.57. The molecule has 2 fully saturated rings. The number of rotatable bonds is 2. The summed E-state index contributed by atoms with van der Waals surface area (Å²) < 4.78 is 0. The van der Waals surface area contributed by atoms with Crippen molar-refractivity contribution in [2.75, 3.05) is 0 Å². The lowest BCUT2D eigenvalue weighted by molar-refractivity contribution is 0.0425. The van der Waals surface area contributed by atoms with Gasteiger partial charge in [-0.05, 0) is 43.4 Å². The maximum Gasteiger partial charge on any atom is 0.0236 e. The maximum absolute atomic E-state index is 5.59. The van der Waals surface area contributed by atoms with Crippen LogP contribution in [0.5, 0.6) is 0 Å². The van der Waals surface area contributed by atoms with Gasteiger partial charge in [0.05, 0.1) is 0 Å². The second kappa shape index (κ2) is 3.82. The van der Waals surface area contributed by atoms with Crippen molar-refractivity contribution in [1.82, 2.24) is 5.43 Å². The first-order valence-corrected chi connectivity index (χ1v) is 6.10. The van der Waals surface area contributed by atoms with Crippen LogP contribution in [0.15, 0.2) is 0 Å². The van der Waals surface area contributed by atoms with E-state index >= 15 is 0 Å². The first-order chi connectivity index (χ1) is 6.64. The van der Waals surface area contributed by atoms with Gasteiger partial charge in [-0.1, -0.05) is 26.2 Å². The molecule has 0 radical (unpaired) electrons. The largest absolute Gasteiger partial charge is 0.271 e. The van der Waals surface area contributed by atoms with Crippen molar-refractivity contribution in [3.8, 4) is 0 Å². The van der Waals surface area contributed by atoms with Crippen LogP contribution in [0.4, 0.5) is 0 Å². The minimum Gasteiger partial charge on any atom is -0.271 e. The molecule has 2 aliphatic carbocycles. The molecule has 3 N–H and O–H groups in total. The Morgan fingerprint density at radius 3 is 2.36 bits per heavy atom. The average Bonchev–Trinajstić information content (AvgIpc) is 2.15. The molecule has 0 aromatic rings. The van der Waals surface area contributed by atoms with Gasteiger partial charge in [0.25, 0.3) is 0 Å². The molecular formula is C12H24N2. The van der Waals surface area contributed by atoms with Gasteiger partial charge in [0, 0.05) is 6.04 Å². The molecule has 0 amide bonds. The summed E-state index contributed by atoms with van der Waals surface area (Å²) in [6, 6.07) is 0.464. The van der Waals surface area contributed by atoms with Gasteiger partial charge in [0.1, 0.15) is 0 Å². The van der Waals surface area contributed by atoms with Crippen molar-refractivity contribution in [1.29, 1.82) is 0 Å². The summed E-state index contributed by atoms with van der Waals surface area (Å²) in [5, 5.41) is 0. The van der Waals surface area contributed by atoms with Gasteiger partial charge in [-0.15, -0.1) is 0 Å². The number of hydrogen-bond acceptors (Lipinski definition) is 2. The Labute approximate surface area is 87.6 Å². The summed E-state index contributed by atoms with van der Waals surface area (Å²) in [7, 11) is 0. The Kier molecular flexibility index (Phi) is 2.85. The Morgan fingerprint density at radius 1 is 1.29 bits per heavy atom. The van der Waals surface area contributed by atoms with E-state index in [4.69, 9.17) is 5.84 Å². The topological polar surface area (TPSA) is 38.0 Å². The third-order valence-electron chi connectivity index (χ3n) is 4.70. The molecule has 2 bridgehead atoms. The zero-order valence-corrected chi connectivity index (χ0v) is 9.55. The summed E-state index contributed by atoms with van der Waals surface area (Å²) in [5.41, 5.74) is 3.41. The molecule has 2 heteroatoms. The Bertz CT molecular complexity index is 190. The van der Waals surface area contributed by atoms with Crippen LogP contribution in [-0.2, 0) is 0 Å². The summed E-state index contributed by atoms with van der Waals surface area (Å²) in [6.07, 6.45) is 8.65. The van der Waals surface area contributed by atoms with Gasteiger partial charge < -0.3 is 0 Å². The molecule has 2 aliphatic rings. The van der Waals surface area contributed by atoms with Gasteiger partial charge in [-0.3, -0.25) is 11.3 Å². The number of nitrogens with two attached hydrogens (primary N) is 1. The lowest BCUT2D eigenvalue weighted by atomic mass is 9.59. The minimum absolute atomic E-state index is 0.447. The highest BCUT2D eigenvalue weighted by atomic mass is 15.2. The van der Waals surface area contributed by atoms with Gasteiger partial charge in [0.2, 0.25) is 0 Å². The van der Waals surface area contributed by atoms with E-state index in [0.717, 1.165) is 11.8 Å². The zero-order valence-electron chi connectivity index (χ0n) is 9.55. The third kappa shape index (κ3) is 1.82. The first kappa shape index (κ1) is 10.4. The average molecular weight is 196 g/mol. The van der Waals surface area contributed by atoms with Crippen molar-refractivity contribution in [3.05, 3.63) is 0 Å². The molecule has 0 saturated heterocycles. The third-order valence-corrected chi connectivity index (χ3v) is 4.70. The van der Waals surface area contributed by atoms with E-state index in [1.165, 1.54) is 38.5 Å². The first-order valence-electron chi connectivity index (χ1n) is 6.10. The Morgan fingerprint density at radius 2 is 1.86 bits per heavy atom. The lowest BCUT2D eigenvalue weighted by Crippen LogP contribution is -2.49. The Hall–Kier alpha value is -0.0800. The number of fused-ring (bicyclic) bond motifs is 2. The van der Waals surface area contributed by atoms with Crippen molar-refractivity contribution < 1.29 is 0 Å². The van der Waals surface area contributed by atoms with E-state index < -0.39 is 0 Å². The van der Waals surface area contributed by atoms with Crippen molar-refractivity contribution in [2.45, 2.75) is 58.4 Å². The van der Waals surface area contributed by atoms with Gasteiger partial charge in [-0.2, -0.15) is 0 Å². The smallest absolute Gasteiger partial charge is 0.0236 e. The maximum atomic E-state index is 5.59. The van der Waals surface area contributed by atoms with Crippen molar-refractivity contribution in [3.63, 3.8) is 0 Å². The molecule has 0 aliphatic heterocycles. The molecule has 82 valence electrons. The molecule has 0 spiro atoms. The molecular weight excluding hydrogens is 172 g/mol. The van der Waals surface area contributed by atoms with Crippen LogP contribution in [-0.4, -0.2) is 6.04 Å². The second-order valence-electron chi connectivity index (χ2n) is 5.85. The van der Waals surface area contributed by atoms with E-state index in [-0.39, 0.29) is 0 Å². The SMILES string of the molecule is CC(NN)C1(C)CC2CCCC(C2)C1. The molecule has 3 atom stereocenters. The predicted octanol–water partition coefficient (Wildman–Crippen LogP) is 2.44. The number of hydrazine groups is 1. The zero-order chi connectivity index (χ0) is 10.2. The van der Waals surface area contributed by atoms with Crippen molar-refractivity contribution in [2.24, 2.45) is 23.1 Å². The number of nitrogens with one attached hydrogen (secondary N) is 1. The van der Waals surface area contributed by atoms with Crippen LogP contribution < -0.4 is 11.3 Å². The standard InChI is InChI=1S/C12H24N2/c1-9(14-13)12(2)7-10-4-3-5-11(6-10)8-12/h9-11,14H,3-8,13H2,1-2H3. The monoisotopic (exact) mass is 196 g/mol. The van der Waals surface area contributed by atoms with Crippen LogP contribution >= 0.6 is 0 Å². The van der Waals surface area contributed by atoms with Crippen molar-refractivity contribution >= 4 is 0 Å². The van der Waals surface area contributed by atoms with E-state index in [0.29, 0.717) is 11.5 Å². The van der Waals surface area contributed by atoms with E-state index in [2.05, 4.69) is 19.3 Å². The molecule has 2 saturated carbocycles. The lowest BCUT2D eigenvalue weighted by Gasteiger charge is -2.48. The van der Waals surface area contributed by atoms with Crippen LogP contribution in [0.3, 0.4) is 0 Å². The molecule has 2 nitrogen and oxygen atoms in total. The van der Waals surface area contributed by atoms with Crippen LogP contribution in [0.2, 0.25) is 0 Å². The quantitative estimate of drug-likeness (QED) is 0.526. The van der Waals surface area contributed by atoms with Crippen LogP contribution in [0.25, 0.3) is 0 Å². The van der Waals surface area contributed by atoms with E-state index in [1.54, 1.807) is 0 Å². The summed E-state index contributed by atoms with van der Waals surface area (Å²) >= 11 is 0. The Balaban J connectivity index is 2.06. The normalized spacial score (nSPS) is 44.8. The summed E-state index contributed by atoms with van der Waals surface area (Å²) in [4.78, 5) is 0. The fourth-order valence-corrected chi connectivity index (χ4v) is 3.73. The van der Waals surface area contributed by atoms with Gasteiger partial charge in [-0.25, -0.2) is 0 Å².